The smallest absolute Gasteiger partial charge is 0.0726 e. The van der Waals surface area contributed by atoms with Crippen molar-refractivity contribution in [2.75, 3.05) is 36.4 Å². The maximum absolute atomic E-state index is 6.48. The Morgan fingerprint density at radius 2 is 1.95 bits per heavy atom. The van der Waals surface area contributed by atoms with Crippen LogP contribution in [0.4, 0.5) is 11.4 Å². The van der Waals surface area contributed by atoms with Gasteiger partial charge in [-0.15, -0.1) is 0 Å². The Bertz CT molecular complexity index is 459. The van der Waals surface area contributed by atoms with Gasteiger partial charge in [-0.3, -0.25) is 0 Å². The van der Waals surface area contributed by atoms with E-state index < -0.39 is 0 Å². The molecule has 2 rings (SSSR count). The van der Waals surface area contributed by atoms with Gasteiger partial charge in [0, 0.05) is 25.3 Å². The molecule has 124 valence electrons. The van der Waals surface area contributed by atoms with Gasteiger partial charge in [-0.25, -0.2) is 0 Å². The van der Waals surface area contributed by atoms with Gasteiger partial charge in [0.05, 0.1) is 22.9 Å². The lowest BCUT2D eigenvalue weighted by Crippen LogP contribution is -2.45. The second-order valence-electron chi connectivity index (χ2n) is 6.10. The third-order valence-corrected chi connectivity index (χ3v) is 4.22. The van der Waals surface area contributed by atoms with E-state index in [1.165, 1.54) is 6.42 Å². The topological polar surface area (TPSA) is 50.5 Å². The van der Waals surface area contributed by atoms with Crippen LogP contribution >= 0.6 is 11.6 Å². The number of morpholine rings is 1. The molecule has 1 aromatic rings. The predicted molar refractivity (Wildman–Crippen MR) is 95.1 cm³/mol. The molecule has 1 aliphatic heterocycles. The fourth-order valence-electron chi connectivity index (χ4n) is 2.93. The fourth-order valence-corrected chi connectivity index (χ4v) is 3.23. The summed E-state index contributed by atoms with van der Waals surface area (Å²) in [6.45, 7) is 7.71. The van der Waals surface area contributed by atoms with Crippen molar-refractivity contribution in [2.45, 2.75) is 45.3 Å². The lowest BCUT2D eigenvalue weighted by Gasteiger charge is -2.37. The first-order chi connectivity index (χ1) is 10.6. The minimum Gasteiger partial charge on any atom is -0.385 e. The van der Waals surface area contributed by atoms with Crippen molar-refractivity contribution in [1.29, 1.82) is 0 Å². The molecule has 0 aliphatic carbocycles. The van der Waals surface area contributed by atoms with E-state index in [9.17, 15) is 0 Å². The van der Waals surface area contributed by atoms with Crippen molar-refractivity contribution in [3.63, 3.8) is 0 Å². The molecular weight excluding hydrogens is 298 g/mol. The highest BCUT2D eigenvalue weighted by atomic mass is 35.5. The number of halogens is 1. The molecule has 0 bridgehead atoms. The molecule has 1 heterocycles. The van der Waals surface area contributed by atoms with Crippen LogP contribution in [0.1, 0.15) is 33.1 Å². The molecule has 3 N–H and O–H groups in total. The van der Waals surface area contributed by atoms with Gasteiger partial charge in [-0.1, -0.05) is 18.0 Å². The number of ether oxygens (including phenoxy) is 1. The first-order valence-corrected chi connectivity index (χ1v) is 8.62. The summed E-state index contributed by atoms with van der Waals surface area (Å²) in [7, 11) is 0. The van der Waals surface area contributed by atoms with E-state index in [1.807, 2.05) is 6.07 Å². The second kappa shape index (κ2) is 8.61. The molecule has 1 saturated heterocycles. The zero-order valence-electron chi connectivity index (χ0n) is 13.6. The first kappa shape index (κ1) is 17.4. The predicted octanol–water partition coefficient (Wildman–Crippen LogP) is 3.49. The van der Waals surface area contributed by atoms with Gasteiger partial charge in [0.1, 0.15) is 0 Å². The van der Waals surface area contributed by atoms with Crippen LogP contribution in [-0.4, -0.2) is 38.4 Å². The zero-order chi connectivity index (χ0) is 15.9. The number of unbranched alkanes of at least 4 members (excludes halogenated alkanes) is 2. The van der Waals surface area contributed by atoms with E-state index in [2.05, 4.69) is 36.2 Å². The summed E-state index contributed by atoms with van der Waals surface area (Å²) in [5.41, 5.74) is 7.67. The molecule has 4 nitrogen and oxygen atoms in total. The standard InChI is InChI=1S/C17H28ClN3O/c1-13-11-21(12-14(2)22-13)17-7-6-15(10-16(17)18)20-9-5-3-4-8-19/h6-7,10,13-14,20H,3-5,8-9,11-12,19H2,1-2H3/t13-,14+. The average molecular weight is 326 g/mol. The number of hydrogen-bond donors (Lipinski definition) is 2. The number of anilines is 2. The summed E-state index contributed by atoms with van der Waals surface area (Å²) in [6, 6.07) is 6.23. The van der Waals surface area contributed by atoms with Gasteiger partial charge in [-0.05, 0) is 51.4 Å². The van der Waals surface area contributed by atoms with Gasteiger partial charge in [0.2, 0.25) is 0 Å². The minimum atomic E-state index is 0.236. The van der Waals surface area contributed by atoms with Gasteiger partial charge >= 0.3 is 0 Å². The van der Waals surface area contributed by atoms with Crippen molar-refractivity contribution in [3.05, 3.63) is 23.2 Å². The molecule has 1 fully saturated rings. The molecule has 0 aromatic heterocycles. The Kier molecular flexibility index (Phi) is 6.80. The summed E-state index contributed by atoms with van der Waals surface area (Å²) < 4.78 is 5.78. The zero-order valence-corrected chi connectivity index (χ0v) is 14.4. The molecule has 1 aliphatic rings. The maximum Gasteiger partial charge on any atom is 0.0726 e. The highest BCUT2D eigenvalue weighted by Gasteiger charge is 2.23. The SMILES string of the molecule is C[C@@H]1CN(c2ccc(NCCCCCN)cc2Cl)C[C@H](C)O1. The largest absolute Gasteiger partial charge is 0.385 e. The quantitative estimate of drug-likeness (QED) is 0.753. The van der Waals surface area contributed by atoms with Crippen molar-refractivity contribution in [2.24, 2.45) is 5.73 Å². The number of nitrogens with one attached hydrogen (secondary N) is 1. The summed E-state index contributed by atoms with van der Waals surface area (Å²) in [6.07, 6.45) is 3.86. The molecule has 22 heavy (non-hydrogen) atoms. The van der Waals surface area contributed by atoms with Crippen LogP contribution in [0, 0.1) is 0 Å². The number of rotatable bonds is 7. The van der Waals surface area contributed by atoms with E-state index in [-0.39, 0.29) is 12.2 Å². The second-order valence-corrected chi connectivity index (χ2v) is 6.51. The molecule has 0 saturated carbocycles. The molecule has 0 radical (unpaired) electrons. The molecule has 0 amide bonds. The Morgan fingerprint density at radius 3 is 2.59 bits per heavy atom. The summed E-state index contributed by atoms with van der Waals surface area (Å²) >= 11 is 6.48. The molecule has 0 spiro atoms. The van der Waals surface area contributed by atoms with Crippen LogP contribution in [0.2, 0.25) is 5.02 Å². The molecular formula is C17H28ClN3O. The lowest BCUT2D eigenvalue weighted by atomic mass is 10.2. The summed E-state index contributed by atoms with van der Waals surface area (Å²) in [5.74, 6) is 0. The van der Waals surface area contributed by atoms with Gasteiger partial charge in [-0.2, -0.15) is 0 Å². The Morgan fingerprint density at radius 1 is 1.23 bits per heavy atom. The molecule has 2 atom stereocenters. The van der Waals surface area contributed by atoms with E-state index in [0.29, 0.717) is 0 Å². The Hall–Kier alpha value is -0.970. The van der Waals surface area contributed by atoms with Gasteiger partial charge in [0.25, 0.3) is 0 Å². The van der Waals surface area contributed by atoms with Crippen LogP contribution in [0.5, 0.6) is 0 Å². The normalized spacial score (nSPS) is 21.9. The third kappa shape index (κ3) is 5.04. The van der Waals surface area contributed by atoms with E-state index in [0.717, 1.165) is 55.4 Å². The lowest BCUT2D eigenvalue weighted by molar-refractivity contribution is -0.00520. The van der Waals surface area contributed by atoms with Crippen molar-refractivity contribution < 1.29 is 4.74 Å². The van der Waals surface area contributed by atoms with Crippen LogP contribution in [0.25, 0.3) is 0 Å². The fraction of sp³-hybridized carbons (Fsp3) is 0.647. The summed E-state index contributed by atoms with van der Waals surface area (Å²) in [4.78, 5) is 2.31. The van der Waals surface area contributed by atoms with Crippen molar-refractivity contribution in [1.82, 2.24) is 0 Å². The van der Waals surface area contributed by atoms with Crippen LogP contribution in [-0.2, 0) is 4.74 Å². The Balaban J connectivity index is 1.91. The first-order valence-electron chi connectivity index (χ1n) is 8.24. The molecule has 0 unspecified atom stereocenters. The maximum atomic E-state index is 6.48. The van der Waals surface area contributed by atoms with E-state index >= 15 is 0 Å². The van der Waals surface area contributed by atoms with E-state index in [4.69, 9.17) is 22.1 Å². The van der Waals surface area contributed by atoms with Gasteiger partial charge < -0.3 is 20.7 Å². The number of benzene rings is 1. The van der Waals surface area contributed by atoms with Crippen LogP contribution < -0.4 is 16.0 Å². The number of hydrogen-bond acceptors (Lipinski definition) is 4. The number of nitrogens with zero attached hydrogens (tertiary/aromatic N) is 1. The molecule has 5 heteroatoms. The summed E-state index contributed by atoms with van der Waals surface area (Å²) in [5, 5.41) is 4.22. The monoisotopic (exact) mass is 325 g/mol. The Labute approximate surface area is 139 Å². The van der Waals surface area contributed by atoms with Crippen molar-refractivity contribution >= 4 is 23.0 Å². The minimum absolute atomic E-state index is 0.236. The highest BCUT2D eigenvalue weighted by Crippen LogP contribution is 2.31. The third-order valence-electron chi connectivity index (χ3n) is 3.92. The van der Waals surface area contributed by atoms with Crippen LogP contribution in [0.3, 0.4) is 0 Å². The molecule has 1 aromatic carbocycles. The van der Waals surface area contributed by atoms with E-state index in [1.54, 1.807) is 0 Å². The highest BCUT2D eigenvalue weighted by molar-refractivity contribution is 6.33. The van der Waals surface area contributed by atoms with Gasteiger partial charge in [0.15, 0.2) is 0 Å². The number of nitrogens with two attached hydrogens (primary N) is 1. The van der Waals surface area contributed by atoms with Crippen LogP contribution in [0.15, 0.2) is 18.2 Å². The average Bonchev–Trinajstić information content (AvgIpc) is 2.46. The van der Waals surface area contributed by atoms with Crippen molar-refractivity contribution in [3.8, 4) is 0 Å².